The van der Waals surface area contributed by atoms with Crippen LogP contribution in [0.25, 0.3) is 0 Å². The van der Waals surface area contributed by atoms with Crippen LogP contribution in [0.15, 0.2) is 98.1 Å². The summed E-state index contributed by atoms with van der Waals surface area (Å²) in [5, 5.41) is 0.384. The molecule has 0 unspecified atom stereocenters. The maximum Gasteiger partial charge on any atom is 0.252 e. The fourth-order valence-electron chi connectivity index (χ4n) is 8.49. The molecule has 2 aliphatic heterocycles. The van der Waals surface area contributed by atoms with E-state index >= 15 is 0 Å². The molecule has 8 atom stereocenters. The smallest absolute Gasteiger partial charge is 0.252 e. The number of ether oxygens (including phenoxy) is 2. The number of carbonyl (C=O) groups is 2. The van der Waals surface area contributed by atoms with Crippen molar-refractivity contribution in [3.05, 3.63) is 164 Å². The first kappa shape index (κ1) is 57.7. The van der Waals surface area contributed by atoms with Gasteiger partial charge in [0.25, 0.3) is 11.8 Å². The van der Waals surface area contributed by atoms with Crippen molar-refractivity contribution >= 4 is 81.7 Å². The predicted octanol–water partition coefficient (Wildman–Crippen LogP) is 16.3. The molecule has 70 heavy (non-hydrogen) atoms. The second kappa shape index (κ2) is 25.2. The Morgan fingerprint density at radius 1 is 0.586 bits per heavy atom. The third kappa shape index (κ3) is 15.0. The SMILES string of the molecule is C=CC[C@@H]1O[C@H](c2cc(F)cc(Cl)c2)[C@@H](c2ccc(Cl)c(F)c2)N([C@@H](CC)CSC(C)(C)C)C1=O.C=CC[C@H]1O[C@H](c2cc(F)cc(Cl)c2)[C@@H](c2ccc(Cl)c(F)c2)N([C@@H](CC)CSC(C)(C)C)C1=O. The van der Waals surface area contributed by atoms with Gasteiger partial charge >= 0.3 is 0 Å². The van der Waals surface area contributed by atoms with Gasteiger partial charge in [-0.15, -0.1) is 13.2 Å². The zero-order valence-corrected chi connectivity index (χ0v) is 45.4. The van der Waals surface area contributed by atoms with Crippen molar-refractivity contribution in [2.75, 3.05) is 11.5 Å². The quantitative estimate of drug-likeness (QED) is 0.0823. The van der Waals surface area contributed by atoms with Gasteiger partial charge in [0.05, 0.1) is 22.1 Å². The molecule has 2 amide bonds. The molecule has 0 spiro atoms. The molecule has 4 aromatic rings. The Morgan fingerprint density at radius 3 is 1.23 bits per heavy atom. The average molecular weight is 1090 g/mol. The Morgan fingerprint density at radius 2 is 0.943 bits per heavy atom. The Kier molecular flexibility index (Phi) is 20.7. The summed E-state index contributed by atoms with van der Waals surface area (Å²) in [5.74, 6) is -1.29. The Bertz CT molecular complexity index is 2280. The van der Waals surface area contributed by atoms with Gasteiger partial charge in [0, 0.05) is 56.0 Å². The average Bonchev–Trinajstić information content (AvgIpc) is 3.27. The molecule has 2 fully saturated rings. The summed E-state index contributed by atoms with van der Waals surface area (Å²) in [6.07, 6.45) is 2.03. The molecule has 0 saturated carbocycles. The van der Waals surface area contributed by atoms with Crippen molar-refractivity contribution in [3.8, 4) is 0 Å². The topological polar surface area (TPSA) is 59.1 Å². The van der Waals surface area contributed by atoms with Crippen LogP contribution in [0.3, 0.4) is 0 Å². The molecule has 16 heteroatoms. The standard InChI is InChI=1S/2C27H31Cl2F2NO2S/c2*1-6-8-23-26(33)32(20(7-2)15-35-27(3,4)5)24(16-9-10-21(29)22(31)13-16)25(34-23)17-11-18(28)14-19(30)12-17/h2*6,9-14,20,23-25H,1,7-8,15H2,2-5H3/t20-,23+,24+,25+;20-,23-,24+,25+/m00/s1. The fourth-order valence-corrected chi connectivity index (χ4v) is 11.4. The van der Waals surface area contributed by atoms with Crippen molar-refractivity contribution in [1.82, 2.24) is 9.80 Å². The van der Waals surface area contributed by atoms with Crippen LogP contribution in [0.1, 0.15) is 128 Å². The summed E-state index contributed by atoms with van der Waals surface area (Å²) >= 11 is 27.8. The van der Waals surface area contributed by atoms with Gasteiger partial charge in [-0.05, 0) is 95.8 Å². The molecule has 2 aliphatic rings. The highest BCUT2D eigenvalue weighted by Crippen LogP contribution is 2.48. The van der Waals surface area contributed by atoms with Crippen molar-refractivity contribution in [2.45, 2.75) is 139 Å². The highest BCUT2D eigenvalue weighted by atomic mass is 35.5. The van der Waals surface area contributed by atoms with Crippen LogP contribution in [0.5, 0.6) is 0 Å². The number of carbonyl (C=O) groups excluding carboxylic acids is 2. The molecule has 4 aromatic carbocycles. The Hall–Kier alpha value is -3.20. The van der Waals surface area contributed by atoms with Crippen molar-refractivity contribution in [2.24, 2.45) is 0 Å². The maximum absolute atomic E-state index is 14.6. The van der Waals surface area contributed by atoms with E-state index in [0.29, 0.717) is 59.4 Å². The zero-order chi connectivity index (χ0) is 51.8. The molecule has 380 valence electrons. The molecule has 0 aliphatic carbocycles. The van der Waals surface area contributed by atoms with E-state index in [-0.39, 0.29) is 53.5 Å². The van der Waals surface area contributed by atoms with E-state index in [1.54, 1.807) is 69.7 Å². The summed E-state index contributed by atoms with van der Waals surface area (Å²) < 4.78 is 70.6. The molecule has 0 aromatic heterocycles. The summed E-state index contributed by atoms with van der Waals surface area (Å²) in [6, 6.07) is 15.5. The van der Waals surface area contributed by atoms with E-state index in [4.69, 9.17) is 55.9 Å². The van der Waals surface area contributed by atoms with Gasteiger partial charge < -0.3 is 19.3 Å². The third-order valence-corrected chi connectivity index (χ3v) is 15.6. The molecular formula is C54H62Cl4F4N2O4S2. The lowest BCUT2D eigenvalue weighted by atomic mass is 9.89. The lowest BCUT2D eigenvalue weighted by Gasteiger charge is -2.48. The minimum Gasteiger partial charge on any atom is -0.358 e. The Labute approximate surface area is 439 Å². The number of amides is 2. The molecule has 0 N–H and O–H groups in total. The van der Waals surface area contributed by atoms with E-state index in [9.17, 15) is 27.2 Å². The zero-order valence-electron chi connectivity index (χ0n) is 40.7. The largest absolute Gasteiger partial charge is 0.358 e. The van der Waals surface area contributed by atoms with Gasteiger partial charge in [-0.25, -0.2) is 17.6 Å². The highest BCUT2D eigenvalue weighted by molar-refractivity contribution is 8.00. The van der Waals surface area contributed by atoms with Gasteiger partial charge in [-0.3, -0.25) is 9.59 Å². The first-order chi connectivity index (χ1) is 32.9. The number of rotatable bonds is 16. The fraction of sp³-hybridized carbons (Fsp3) is 0.444. The normalized spacial score (nSPS) is 21.8. The molecular weight excluding hydrogens is 1020 g/mol. The molecule has 2 heterocycles. The number of halogens is 8. The number of hydrogen-bond donors (Lipinski definition) is 0. The molecule has 6 rings (SSSR count). The molecule has 2 saturated heterocycles. The second-order valence-electron chi connectivity index (χ2n) is 19.2. The first-order valence-corrected chi connectivity index (χ1v) is 26.6. The van der Waals surface area contributed by atoms with E-state index in [1.807, 2.05) is 13.8 Å². The second-order valence-corrected chi connectivity index (χ2v) is 24.6. The molecule has 0 bridgehead atoms. The monoisotopic (exact) mass is 1080 g/mol. The van der Waals surface area contributed by atoms with Gasteiger partial charge in [0.2, 0.25) is 0 Å². The maximum atomic E-state index is 14.6. The van der Waals surface area contributed by atoms with E-state index in [0.717, 1.165) is 0 Å². The minimum atomic E-state index is -0.804. The summed E-state index contributed by atoms with van der Waals surface area (Å²) in [6.45, 7) is 24.3. The van der Waals surface area contributed by atoms with Crippen LogP contribution < -0.4 is 0 Å². The van der Waals surface area contributed by atoms with Crippen LogP contribution in [0, 0.1) is 23.3 Å². The highest BCUT2D eigenvalue weighted by Gasteiger charge is 2.48. The predicted molar refractivity (Wildman–Crippen MR) is 282 cm³/mol. The van der Waals surface area contributed by atoms with Crippen LogP contribution in [-0.4, -0.2) is 66.9 Å². The van der Waals surface area contributed by atoms with E-state index < -0.39 is 59.8 Å². The lowest BCUT2D eigenvalue weighted by molar-refractivity contribution is -0.178. The number of hydrogen-bond acceptors (Lipinski definition) is 6. The van der Waals surface area contributed by atoms with Crippen LogP contribution in [0.2, 0.25) is 20.1 Å². The van der Waals surface area contributed by atoms with Gasteiger partial charge in [-0.2, -0.15) is 23.5 Å². The first-order valence-electron chi connectivity index (χ1n) is 23.2. The van der Waals surface area contributed by atoms with Gasteiger partial charge in [-0.1, -0.05) is 126 Å². The minimum absolute atomic E-state index is 0.0133. The number of benzene rings is 4. The number of nitrogens with zero attached hydrogens (tertiary/aromatic N) is 2. The summed E-state index contributed by atoms with van der Waals surface area (Å²) in [5.41, 5.74) is 1.98. The Balaban J connectivity index is 0.000000261. The molecule has 6 nitrogen and oxygen atoms in total. The lowest BCUT2D eigenvalue weighted by Crippen LogP contribution is -2.55. The van der Waals surface area contributed by atoms with Crippen LogP contribution in [0.4, 0.5) is 17.6 Å². The molecule has 0 radical (unpaired) electrons. The van der Waals surface area contributed by atoms with E-state index in [1.165, 1.54) is 48.5 Å². The van der Waals surface area contributed by atoms with Crippen LogP contribution >= 0.6 is 69.9 Å². The van der Waals surface area contributed by atoms with Crippen LogP contribution in [-0.2, 0) is 19.1 Å². The van der Waals surface area contributed by atoms with Crippen molar-refractivity contribution < 1.29 is 36.6 Å². The van der Waals surface area contributed by atoms with Crippen molar-refractivity contribution in [1.29, 1.82) is 0 Å². The third-order valence-electron chi connectivity index (χ3n) is 11.8. The van der Waals surface area contributed by atoms with Gasteiger partial charge in [0.1, 0.15) is 47.7 Å². The van der Waals surface area contributed by atoms with E-state index in [2.05, 4.69) is 54.7 Å². The number of morpholine rings is 2. The van der Waals surface area contributed by atoms with Gasteiger partial charge in [0.15, 0.2) is 0 Å². The summed E-state index contributed by atoms with van der Waals surface area (Å²) in [7, 11) is 0. The summed E-state index contributed by atoms with van der Waals surface area (Å²) in [4.78, 5) is 31.2. The number of thioether (sulfide) groups is 2. The van der Waals surface area contributed by atoms with Crippen molar-refractivity contribution in [3.63, 3.8) is 0 Å².